The van der Waals surface area contributed by atoms with Gasteiger partial charge in [0.1, 0.15) is 5.82 Å². The summed E-state index contributed by atoms with van der Waals surface area (Å²) in [6, 6.07) is 15.3. The van der Waals surface area contributed by atoms with Gasteiger partial charge in [-0.3, -0.25) is 9.36 Å². The van der Waals surface area contributed by atoms with Gasteiger partial charge >= 0.3 is 6.03 Å². The fourth-order valence-electron chi connectivity index (χ4n) is 4.16. The van der Waals surface area contributed by atoms with Crippen molar-refractivity contribution in [3.05, 3.63) is 70.3 Å². The van der Waals surface area contributed by atoms with Crippen molar-refractivity contribution in [1.82, 2.24) is 14.5 Å². The Labute approximate surface area is 176 Å². The van der Waals surface area contributed by atoms with Crippen molar-refractivity contribution < 1.29 is 4.79 Å². The van der Waals surface area contributed by atoms with E-state index >= 15 is 0 Å². The van der Waals surface area contributed by atoms with Crippen molar-refractivity contribution >= 4 is 22.6 Å². The molecule has 2 heterocycles. The number of amides is 2. The summed E-state index contributed by atoms with van der Waals surface area (Å²) in [6.45, 7) is 6.07. The summed E-state index contributed by atoms with van der Waals surface area (Å²) in [7, 11) is 0. The van der Waals surface area contributed by atoms with Crippen molar-refractivity contribution in [3.63, 3.8) is 0 Å². The minimum Gasteiger partial charge on any atom is -0.325 e. The number of carbonyl (C=O) groups excluding carboxylic acids is 1. The smallest absolute Gasteiger partial charge is 0.321 e. The molecule has 2 amide bonds. The molecular weight excluding hydrogens is 376 g/mol. The highest BCUT2D eigenvalue weighted by molar-refractivity contribution is 5.90. The van der Waals surface area contributed by atoms with Gasteiger partial charge in [-0.15, -0.1) is 0 Å². The molecule has 0 bridgehead atoms. The van der Waals surface area contributed by atoms with E-state index in [0.29, 0.717) is 30.9 Å². The van der Waals surface area contributed by atoms with Crippen LogP contribution in [0.3, 0.4) is 0 Å². The molecule has 0 spiro atoms. The Morgan fingerprint density at radius 2 is 1.80 bits per heavy atom. The van der Waals surface area contributed by atoms with Crippen molar-refractivity contribution in [2.45, 2.75) is 39.7 Å². The number of rotatable bonds is 4. The van der Waals surface area contributed by atoms with Crippen LogP contribution in [-0.2, 0) is 13.0 Å². The van der Waals surface area contributed by atoms with E-state index in [0.717, 1.165) is 41.9 Å². The fraction of sp³-hybridized carbons (Fsp3) is 0.375. The Morgan fingerprint density at radius 3 is 2.53 bits per heavy atom. The molecule has 1 aliphatic rings. The standard InChI is InChI=1S/C24H28N4O2/c1-3-22-25-21-11-7-5-9-19(21)23(29)28(22)16-18-12-14-27(15-13-18)24(30)26-20-10-6-4-8-17(20)2/h4-11,18H,3,12-16H2,1-2H3,(H,26,30). The van der Waals surface area contributed by atoms with Gasteiger partial charge in [0.2, 0.25) is 0 Å². The predicted molar refractivity (Wildman–Crippen MR) is 120 cm³/mol. The second-order valence-corrected chi connectivity index (χ2v) is 7.99. The minimum absolute atomic E-state index is 0.0391. The molecule has 3 aromatic rings. The quantitative estimate of drug-likeness (QED) is 0.708. The van der Waals surface area contributed by atoms with Crippen LogP contribution >= 0.6 is 0 Å². The number of aromatic nitrogens is 2. The summed E-state index contributed by atoms with van der Waals surface area (Å²) in [4.78, 5) is 32.2. The maximum atomic E-state index is 13.0. The highest BCUT2D eigenvalue weighted by atomic mass is 16.2. The molecule has 0 saturated carbocycles. The highest BCUT2D eigenvalue weighted by Crippen LogP contribution is 2.21. The van der Waals surface area contributed by atoms with Crippen LogP contribution in [0.5, 0.6) is 0 Å². The Morgan fingerprint density at radius 1 is 1.10 bits per heavy atom. The van der Waals surface area contributed by atoms with Gasteiger partial charge in [-0.05, 0) is 49.4 Å². The number of anilines is 1. The molecule has 30 heavy (non-hydrogen) atoms. The Bertz CT molecular complexity index is 1110. The summed E-state index contributed by atoms with van der Waals surface area (Å²) in [5.41, 5.74) is 2.71. The largest absolute Gasteiger partial charge is 0.325 e. The van der Waals surface area contributed by atoms with Crippen LogP contribution in [0.2, 0.25) is 0 Å². The van der Waals surface area contributed by atoms with Gasteiger partial charge in [-0.25, -0.2) is 9.78 Å². The Kier molecular flexibility index (Phi) is 5.84. The van der Waals surface area contributed by atoms with E-state index in [4.69, 9.17) is 4.98 Å². The third-order valence-electron chi connectivity index (χ3n) is 5.99. The van der Waals surface area contributed by atoms with E-state index in [1.54, 1.807) is 0 Å². The summed E-state index contributed by atoms with van der Waals surface area (Å²) in [6.07, 6.45) is 2.48. The first-order chi connectivity index (χ1) is 14.6. The number of nitrogens with one attached hydrogen (secondary N) is 1. The lowest BCUT2D eigenvalue weighted by Crippen LogP contribution is -2.42. The number of fused-ring (bicyclic) bond motifs is 1. The number of urea groups is 1. The van der Waals surface area contributed by atoms with E-state index in [1.807, 2.05) is 71.8 Å². The van der Waals surface area contributed by atoms with Gasteiger partial charge in [0.25, 0.3) is 5.56 Å². The van der Waals surface area contributed by atoms with Gasteiger partial charge < -0.3 is 10.2 Å². The van der Waals surface area contributed by atoms with Crippen LogP contribution in [0.1, 0.15) is 31.2 Å². The normalized spacial score (nSPS) is 14.8. The number of nitrogens with zero attached hydrogens (tertiary/aromatic N) is 3. The Hall–Kier alpha value is -3.15. The first-order valence-electron chi connectivity index (χ1n) is 10.7. The first kappa shape index (κ1) is 20.1. The molecule has 4 rings (SSSR count). The summed E-state index contributed by atoms with van der Waals surface area (Å²) >= 11 is 0. The monoisotopic (exact) mass is 404 g/mol. The second kappa shape index (κ2) is 8.69. The molecule has 6 nitrogen and oxygen atoms in total. The fourth-order valence-corrected chi connectivity index (χ4v) is 4.16. The zero-order valence-electron chi connectivity index (χ0n) is 17.6. The lowest BCUT2D eigenvalue weighted by atomic mass is 9.96. The molecule has 0 unspecified atom stereocenters. The second-order valence-electron chi connectivity index (χ2n) is 7.99. The zero-order chi connectivity index (χ0) is 21.1. The SMILES string of the molecule is CCc1nc2ccccc2c(=O)n1CC1CCN(C(=O)Nc2ccccc2C)CC1. The average molecular weight is 405 g/mol. The number of hydrogen-bond donors (Lipinski definition) is 1. The summed E-state index contributed by atoms with van der Waals surface area (Å²) < 4.78 is 1.84. The predicted octanol–water partition coefficient (Wildman–Crippen LogP) is 4.21. The van der Waals surface area contributed by atoms with E-state index < -0.39 is 0 Å². The van der Waals surface area contributed by atoms with E-state index in [1.165, 1.54) is 0 Å². The summed E-state index contributed by atoms with van der Waals surface area (Å²) in [5, 5.41) is 3.68. The van der Waals surface area contributed by atoms with Crippen LogP contribution in [0, 0.1) is 12.8 Å². The Balaban J connectivity index is 1.43. The topological polar surface area (TPSA) is 67.2 Å². The number of benzene rings is 2. The van der Waals surface area contributed by atoms with Crippen LogP contribution in [0.15, 0.2) is 53.3 Å². The van der Waals surface area contributed by atoms with Crippen LogP contribution in [0.25, 0.3) is 10.9 Å². The molecule has 6 heteroatoms. The van der Waals surface area contributed by atoms with Gasteiger partial charge in [0, 0.05) is 31.7 Å². The first-order valence-corrected chi connectivity index (χ1v) is 10.7. The molecule has 2 aromatic carbocycles. The highest BCUT2D eigenvalue weighted by Gasteiger charge is 2.24. The van der Waals surface area contributed by atoms with Gasteiger partial charge in [-0.2, -0.15) is 0 Å². The minimum atomic E-state index is -0.0541. The van der Waals surface area contributed by atoms with Crippen LogP contribution in [0.4, 0.5) is 10.5 Å². The number of para-hydroxylation sites is 2. The number of piperidine rings is 1. The molecular formula is C24H28N4O2. The molecule has 0 aliphatic carbocycles. The molecule has 1 aromatic heterocycles. The molecule has 1 aliphatic heterocycles. The maximum absolute atomic E-state index is 13.0. The third-order valence-corrected chi connectivity index (χ3v) is 5.99. The van der Waals surface area contributed by atoms with Crippen molar-refractivity contribution in [2.24, 2.45) is 5.92 Å². The molecule has 156 valence electrons. The van der Waals surface area contributed by atoms with E-state index in [2.05, 4.69) is 5.32 Å². The van der Waals surface area contributed by atoms with Crippen LogP contribution in [-0.4, -0.2) is 33.6 Å². The number of carbonyl (C=O) groups is 1. The van der Waals surface area contributed by atoms with Crippen molar-refractivity contribution in [1.29, 1.82) is 0 Å². The number of hydrogen-bond acceptors (Lipinski definition) is 3. The molecule has 0 radical (unpaired) electrons. The molecule has 1 N–H and O–H groups in total. The van der Waals surface area contributed by atoms with Crippen LogP contribution < -0.4 is 10.9 Å². The maximum Gasteiger partial charge on any atom is 0.321 e. The number of likely N-dealkylation sites (tertiary alicyclic amines) is 1. The van der Waals surface area contributed by atoms with E-state index in [9.17, 15) is 9.59 Å². The molecule has 1 fully saturated rings. The van der Waals surface area contributed by atoms with E-state index in [-0.39, 0.29) is 11.6 Å². The lowest BCUT2D eigenvalue weighted by Gasteiger charge is -2.32. The number of aryl methyl sites for hydroxylation is 2. The summed E-state index contributed by atoms with van der Waals surface area (Å²) in [5.74, 6) is 1.19. The third kappa shape index (κ3) is 4.08. The average Bonchev–Trinajstić information content (AvgIpc) is 2.77. The van der Waals surface area contributed by atoms with Crippen molar-refractivity contribution in [2.75, 3.05) is 18.4 Å². The lowest BCUT2D eigenvalue weighted by molar-refractivity contribution is 0.176. The zero-order valence-corrected chi connectivity index (χ0v) is 17.6. The molecule has 1 saturated heterocycles. The van der Waals surface area contributed by atoms with Gasteiger partial charge in [0.05, 0.1) is 10.9 Å². The molecule has 0 atom stereocenters. The van der Waals surface area contributed by atoms with Gasteiger partial charge in [-0.1, -0.05) is 37.3 Å². The van der Waals surface area contributed by atoms with Gasteiger partial charge in [0.15, 0.2) is 0 Å². The van der Waals surface area contributed by atoms with Crippen molar-refractivity contribution in [3.8, 4) is 0 Å².